The number of nitrogens with one attached hydrogen (secondary N) is 2. The molecule has 2 heterocycles. The lowest BCUT2D eigenvalue weighted by Crippen LogP contribution is -2.46. The molecule has 1 aromatic carbocycles. The molecule has 0 bridgehead atoms. The summed E-state index contributed by atoms with van der Waals surface area (Å²) in [5.41, 5.74) is 1.10. The lowest BCUT2D eigenvalue weighted by atomic mass is 10.2. The van der Waals surface area contributed by atoms with Crippen LogP contribution in [0.25, 0.3) is 0 Å². The normalized spacial score (nSPS) is 16.2. The van der Waals surface area contributed by atoms with E-state index in [0.29, 0.717) is 19.2 Å². The molecular formula is C22H32N4O3S. The number of hydrogen-bond acceptors (Lipinski definition) is 6. The number of ether oxygens (including phenoxy) is 3. The fourth-order valence-corrected chi connectivity index (χ4v) is 4.34. The number of methoxy groups -OCH3 is 1. The summed E-state index contributed by atoms with van der Waals surface area (Å²) in [5.74, 6) is 2.28. The van der Waals surface area contributed by atoms with Gasteiger partial charge in [0.25, 0.3) is 0 Å². The maximum absolute atomic E-state index is 5.68. The van der Waals surface area contributed by atoms with E-state index in [2.05, 4.69) is 38.0 Å². The highest BCUT2D eigenvalue weighted by Crippen LogP contribution is 2.28. The van der Waals surface area contributed by atoms with Gasteiger partial charge in [-0.3, -0.25) is 9.89 Å². The zero-order valence-corrected chi connectivity index (χ0v) is 18.8. The van der Waals surface area contributed by atoms with Crippen molar-refractivity contribution in [2.45, 2.75) is 19.5 Å². The molecule has 8 heteroatoms. The average molecular weight is 433 g/mol. The molecule has 1 unspecified atom stereocenters. The fraction of sp³-hybridized carbons (Fsp3) is 0.500. The molecule has 164 valence electrons. The quantitative estimate of drug-likeness (QED) is 0.469. The number of benzene rings is 1. The second kappa shape index (κ2) is 11.8. The van der Waals surface area contributed by atoms with Gasteiger partial charge in [0.05, 0.1) is 33.0 Å². The summed E-state index contributed by atoms with van der Waals surface area (Å²) < 4.78 is 16.6. The number of thiophene rings is 1. The Morgan fingerprint density at radius 2 is 2.07 bits per heavy atom. The van der Waals surface area contributed by atoms with E-state index >= 15 is 0 Å². The topological polar surface area (TPSA) is 67.4 Å². The number of nitrogens with zero attached hydrogens (tertiary/aromatic N) is 2. The van der Waals surface area contributed by atoms with Crippen molar-refractivity contribution in [2.24, 2.45) is 4.99 Å². The minimum absolute atomic E-state index is 0.304. The SMILES string of the molecule is CCOc1cc(CNC(=NC)NCC(c2cccs2)N2CCOCC2)ccc1OC. The molecule has 0 aliphatic carbocycles. The number of hydrogen-bond donors (Lipinski definition) is 2. The van der Waals surface area contributed by atoms with Crippen molar-refractivity contribution in [3.05, 3.63) is 46.2 Å². The van der Waals surface area contributed by atoms with Crippen molar-refractivity contribution in [1.82, 2.24) is 15.5 Å². The van der Waals surface area contributed by atoms with E-state index in [1.807, 2.05) is 25.1 Å². The van der Waals surface area contributed by atoms with Gasteiger partial charge in [0.15, 0.2) is 17.5 Å². The van der Waals surface area contributed by atoms with Crippen LogP contribution in [-0.2, 0) is 11.3 Å². The van der Waals surface area contributed by atoms with Crippen molar-refractivity contribution in [1.29, 1.82) is 0 Å². The van der Waals surface area contributed by atoms with Crippen LogP contribution < -0.4 is 20.1 Å². The van der Waals surface area contributed by atoms with Crippen LogP contribution in [0.15, 0.2) is 40.7 Å². The van der Waals surface area contributed by atoms with Gasteiger partial charge in [0.2, 0.25) is 0 Å². The van der Waals surface area contributed by atoms with Crippen LogP contribution >= 0.6 is 11.3 Å². The lowest BCUT2D eigenvalue weighted by Gasteiger charge is -2.34. The Morgan fingerprint density at radius 3 is 2.73 bits per heavy atom. The van der Waals surface area contributed by atoms with E-state index in [9.17, 15) is 0 Å². The molecule has 1 aromatic heterocycles. The van der Waals surface area contributed by atoms with Crippen molar-refractivity contribution in [3.8, 4) is 11.5 Å². The van der Waals surface area contributed by atoms with E-state index in [4.69, 9.17) is 14.2 Å². The number of aliphatic imine (C=N–C) groups is 1. The lowest BCUT2D eigenvalue weighted by molar-refractivity contribution is 0.0177. The Labute approximate surface area is 183 Å². The van der Waals surface area contributed by atoms with Gasteiger partial charge < -0.3 is 24.8 Å². The summed E-state index contributed by atoms with van der Waals surface area (Å²) in [6.45, 7) is 7.46. The van der Waals surface area contributed by atoms with Gasteiger partial charge in [-0.05, 0) is 36.1 Å². The van der Waals surface area contributed by atoms with Crippen molar-refractivity contribution in [3.63, 3.8) is 0 Å². The van der Waals surface area contributed by atoms with Crippen LogP contribution in [0.3, 0.4) is 0 Å². The summed E-state index contributed by atoms with van der Waals surface area (Å²) in [7, 11) is 3.45. The molecule has 2 aromatic rings. The van der Waals surface area contributed by atoms with E-state index in [1.54, 1.807) is 25.5 Å². The zero-order chi connectivity index (χ0) is 21.2. The third kappa shape index (κ3) is 6.10. The molecular weight excluding hydrogens is 400 g/mol. The van der Waals surface area contributed by atoms with Gasteiger partial charge >= 0.3 is 0 Å². The highest BCUT2D eigenvalue weighted by Gasteiger charge is 2.23. The summed E-state index contributed by atoms with van der Waals surface area (Å²) in [6, 6.07) is 10.6. The van der Waals surface area contributed by atoms with Gasteiger partial charge in [0, 0.05) is 38.1 Å². The van der Waals surface area contributed by atoms with Crippen LogP contribution in [0.1, 0.15) is 23.4 Å². The van der Waals surface area contributed by atoms with Crippen LogP contribution in [0.4, 0.5) is 0 Å². The standard InChI is InChI=1S/C22H32N4O3S/c1-4-29-20-14-17(7-8-19(20)27-3)15-24-22(23-2)25-16-18(21-6-5-13-30-21)26-9-11-28-12-10-26/h5-8,13-14,18H,4,9-12,15-16H2,1-3H3,(H2,23,24,25). The smallest absolute Gasteiger partial charge is 0.191 e. The Kier molecular flexibility index (Phi) is 8.80. The van der Waals surface area contributed by atoms with E-state index in [1.165, 1.54) is 4.88 Å². The molecule has 2 N–H and O–H groups in total. The molecule has 0 radical (unpaired) electrons. The monoisotopic (exact) mass is 432 g/mol. The van der Waals surface area contributed by atoms with Crippen molar-refractivity contribution in [2.75, 3.05) is 53.6 Å². The summed E-state index contributed by atoms with van der Waals surface area (Å²) >= 11 is 1.80. The Morgan fingerprint density at radius 1 is 1.23 bits per heavy atom. The van der Waals surface area contributed by atoms with Crippen LogP contribution in [0, 0.1) is 0 Å². The second-order valence-corrected chi connectivity index (χ2v) is 7.88. The summed E-state index contributed by atoms with van der Waals surface area (Å²) in [6.07, 6.45) is 0. The maximum atomic E-state index is 5.68. The van der Waals surface area contributed by atoms with E-state index < -0.39 is 0 Å². The summed E-state index contributed by atoms with van der Waals surface area (Å²) in [4.78, 5) is 8.23. The van der Waals surface area contributed by atoms with Crippen LogP contribution in [-0.4, -0.2) is 64.5 Å². The van der Waals surface area contributed by atoms with Gasteiger partial charge in [-0.2, -0.15) is 0 Å². The Balaban J connectivity index is 1.59. The van der Waals surface area contributed by atoms with E-state index in [0.717, 1.165) is 55.9 Å². The van der Waals surface area contributed by atoms with Gasteiger partial charge in [-0.15, -0.1) is 11.3 Å². The minimum atomic E-state index is 0.304. The maximum Gasteiger partial charge on any atom is 0.191 e. The van der Waals surface area contributed by atoms with Crippen molar-refractivity contribution >= 4 is 17.3 Å². The molecule has 0 amide bonds. The largest absolute Gasteiger partial charge is 0.493 e. The van der Waals surface area contributed by atoms with Crippen LogP contribution in [0.2, 0.25) is 0 Å². The predicted molar refractivity (Wildman–Crippen MR) is 122 cm³/mol. The van der Waals surface area contributed by atoms with Gasteiger partial charge in [-0.25, -0.2) is 0 Å². The molecule has 1 atom stereocenters. The zero-order valence-electron chi connectivity index (χ0n) is 18.0. The highest BCUT2D eigenvalue weighted by atomic mass is 32.1. The third-order valence-electron chi connectivity index (χ3n) is 5.03. The summed E-state index contributed by atoms with van der Waals surface area (Å²) in [5, 5.41) is 9.03. The molecule has 0 spiro atoms. The fourth-order valence-electron chi connectivity index (χ4n) is 3.48. The molecule has 7 nitrogen and oxygen atoms in total. The predicted octanol–water partition coefficient (Wildman–Crippen LogP) is 2.89. The molecule has 0 saturated carbocycles. The molecule has 3 rings (SSSR count). The number of guanidine groups is 1. The molecule has 1 fully saturated rings. The first-order valence-electron chi connectivity index (χ1n) is 10.3. The first kappa shape index (κ1) is 22.4. The van der Waals surface area contributed by atoms with E-state index in [-0.39, 0.29) is 0 Å². The van der Waals surface area contributed by atoms with Crippen LogP contribution in [0.5, 0.6) is 11.5 Å². The number of morpholine rings is 1. The molecule has 1 aliphatic heterocycles. The first-order chi connectivity index (χ1) is 14.7. The highest BCUT2D eigenvalue weighted by molar-refractivity contribution is 7.10. The van der Waals surface area contributed by atoms with Crippen molar-refractivity contribution < 1.29 is 14.2 Å². The van der Waals surface area contributed by atoms with Gasteiger partial charge in [0.1, 0.15) is 0 Å². The Bertz CT molecular complexity index is 792. The molecule has 1 aliphatic rings. The van der Waals surface area contributed by atoms with Gasteiger partial charge in [-0.1, -0.05) is 12.1 Å². The molecule has 30 heavy (non-hydrogen) atoms. The second-order valence-electron chi connectivity index (χ2n) is 6.90. The third-order valence-corrected chi connectivity index (χ3v) is 6.01. The molecule has 1 saturated heterocycles. The number of rotatable bonds is 9. The first-order valence-corrected chi connectivity index (χ1v) is 11.2. The average Bonchev–Trinajstić information content (AvgIpc) is 3.32. The minimum Gasteiger partial charge on any atom is -0.493 e. The Hall–Kier alpha value is -2.29.